The molecule has 1 aromatic rings. The van der Waals surface area contributed by atoms with Gasteiger partial charge in [-0.15, -0.1) is 0 Å². The average Bonchev–Trinajstić information content (AvgIpc) is 2.71. The molecule has 0 bridgehead atoms. The number of hydrogen-bond donors (Lipinski definition) is 3. The number of rotatable bonds is 3. The quantitative estimate of drug-likeness (QED) is 0.741. The summed E-state index contributed by atoms with van der Waals surface area (Å²) in [5.41, 5.74) is 7.14. The minimum absolute atomic E-state index is 0.0501. The molecule has 2 rings (SSSR count). The fourth-order valence-electron chi connectivity index (χ4n) is 2.06. The number of nitrogens with one attached hydrogen (secondary N) is 2. The summed E-state index contributed by atoms with van der Waals surface area (Å²) < 4.78 is 0. The monoisotopic (exact) mass is 262 g/mol. The van der Waals surface area contributed by atoms with E-state index in [4.69, 9.17) is 5.73 Å². The highest BCUT2D eigenvalue weighted by Crippen LogP contribution is 2.11. The van der Waals surface area contributed by atoms with Gasteiger partial charge in [-0.2, -0.15) is 0 Å². The van der Waals surface area contributed by atoms with Gasteiger partial charge < -0.3 is 21.3 Å². The average molecular weight is 262 g/mol. The van der Waals surface area contributed by atoms with Crippen molar-refractivity contribution in [1.29, 1.82) is 0 Å². The third-order valence-corrected chi connectivity index (χ3v) is 3.15. The summed E-state index contributed by atoms with van der Waals surface area (Å²) in [5.74, 6) is -0.0501. The Morgan fingerprint density at radius 2 is 2.32 bits per heavy atom. The molecule has 3 amide bonds. The molecular formula is C13H18N4O2. The van der Waals surface area contributed by atoms with E-state index in [0.29, 0.717) is 25.2 Å². The summed E-state index contributed by atoms with van der Waals surface area (Å²) in [6.45, 7) is 1.09. The number of likely N-dealkylation sites (tertiary alicyclic amines) is 1. The standard InChI is InChI=1S/C13H18N4O2/c1-17-6-5-11(12(17)18)16-13(19)15-10-4-2-3-9(7-10)8-14/h2-4,7,11H,5-6,8,14H2,1H3,(H2,15,16,19). The number of urea groups is 1. The number of hydrogen-bond acceptors (Lipinski definition) is 3. The molecule has 1 aliphatic rings. The molecule has 1 atom stereocenters. The molecule has 0 saturated carbocycles. The van der Waals surface area contributed by atoms with Crippen molar-refractivity contribution < 1.29 is 9.59 Å². The minimum atomic E-state index is -0.428. The van der Waals surface area contributed by atoms with E-state index in [0.717, 1.165) is 5.56 Å². The zero-order chi connectivity index (χ0) is 13.8. The van der Waals surface area contributed by atoms with Crippen molar-refractivity contribution in [1.82, 2.24) is 10.2 Å². The van der Waals surface area contributed by atoms with E-state index in [-0.39, 0.29) is 11.9 Å². The van der Waals surface area contributed by atoms with Crippen molar-refractivity contribution in [3.8, 4) is 0 Å². The first-order valence-electron chi connectivity index (χ1n) is 6.21. The Morgan fingerprint density at radius 1 is 1.53 bits per heavy atom. The van der Waals surface area contributed by atoms with Crippen LogP contribution in [0, 0.1) is 0 Å². The van der Waals surface area contributed by atoms with Gasteiger partial charge in [0.15, 0.2) is 0 Å². The largest absolute Gasteiger partial charge is 0.344 e. The molecule has 6 nitrogen and oxygen atoms in total. The molecule has 6 heteroatoms. The van der Waals surface area contributed by atoms with Crippen LogP contribution in [-0.2, 0) is 11.3 Å². The number of nitrogens with zero attached hydrogens (tertiary/aromatic N) is 1. The molecule has 1 unspecified atom stereocenters. The van der Waals surface area contributed by atoms with Crippen LogP contribution in [-0.4, -0.2) is 36.5 Å². The number of likely N-dealkylation sites (N-methyl/N-ethyl adjacent to an activating group) is 1. The first kappa shape index (κ1) is 13.4. The van der Waals surface area contributed by atoms with Crippen LogP contribution in [0.2, 0.25) is 0 Å². The number of carbonyl (C=O) groups excluding carboxylic acids is 2. The summed E-state index contributed by atoms with van der Waals surface area (Å²) >= 11 is 0. The maximum Gasteiger partial charge on any atom is 0.319 e. The molecule has 0 radical (unpaired) electrons. The Kier molecular flexibility index (Phi) is 4.01. The van der Waals surface area contributed by atoms with E-state index in [1.165, 1.54) is 0 Å². The topological polar surface area (TPSA) is 87.5 Å². The number of carbonyl (C=O) groups is 2. The van der Waals surface area contributed by atoms with Crippen LogP contribution in [0.5, 0.6) is 0 Å². The molecule has 0 spiro atoms. The second-order valence-electron chi connectivity index (χ2n) is 4.60. The predicted octanol–water partition coefficient (Wildman–Crippen LogP) is 0.497. The fourth-order valence-corrected chi connectivity index (χ4v) is 2.06. The molecule has 4 N–H and O–H groups in total. The molecule has 0 aliphatic carbocycles. The van der Waals surface area contributed by atoms with Gasteiger partial charge in [-0.25, -0.2) is 4.79 Å². The van der Waals surface area contributed by atoms with Gasteiger partial charge in [0.2, 0.25) is 5.91 Å². The number of nitrogens with two attached hydrogens (primary N) is 1. The van der Waals surface area contributed by atoms with Crippen molar-refractivity contribution in [3.63, 3.8) is 0 Å². The highest BCUT2D eigenvalue weighted by Gasteiger charge is 2.30. The molecule has 0 aromatic heterocycles. The molecule has 1 heterocycles. The molecule has 102 valence electrons. The fraction of sp³-hybridized carbons (Fsp3) is 0.385. The van der Waals surface area contributed by atoms with E-state index in [1.54, 1.807) is 18.0 Å². The second-order valence-corrected chi connectivity index (χ2v) is 4.60. The zero-order valence-electron chi connectivity index (χ0n) is 10.8. The van der Waals surface area contributed by atoms with Crippen LogP contribution >= 0.6 is 0 Å². The Hall–Kier alpha value is -2.08. The van der Waals surface area contributed by atoms with Gasteiger partial charge in [-0.1, -0.05) is 12.1 Å². The first-order valence-corrected chi connectivity index (χ1v) is 6.21. The Balaban J connectivity index is 1.92. The van der Waals surface area contributed by atoms with Crippen molar-refractivity contribution in [2.75, 3.05) is 18.9 Å². The van der Waals surface area contributed by atoms with Crippen LogP contribution in [0.4, 0.5) is 10.5 Å². The molecule has 1 fully saturated rings. The number of amides is 3. The van der Waals surface area contributed by atoms with E-state index in [2.05, 4.69) is 10.6 Å². The lowest BCUT2D eigenvalue weighted by Gasteiger charge is -2.13. The van der Waals surface area contributed by atoms with Gasteiger partial charge in [0.05, 0.1) is 0 Å². The summed E-state index contributed by atoms with van der Waals surface area (Å²) in [6, 6.07) is 6.50. The zero-order valence-corrected chi connectivity index (χ0v) is 10.8. The lowest BCUT2D eigenvalue weighted by molar-refractivity contribution is -0.128. The molecule has 1 saturated heterocycles. The van der Waals surface area contributed by atoms with Crippen LogP contribution in [0.15, 0.2) is 24.3 Å². The maximum atomic E-state index is 11.8. The first-order chi connectivity index (χ1) is 9.10. The van der Waals surface area contributed by atoms with Crippen molar-refractivity contribution in [3.05, 3.63) is 29.8 Å². The SMILES string of the molecule is CN1CCC(NC(=O)Nc2cccc(CN)c2)C1=O. The van der Waals surface area contributed by atoms with Gasteiger partial charge >= 0.3 is 6.03 Å². The lowest BCUT2D eigenvalue weighted by Crippen LogP contribution is -2.42. The van der Waals surface area contributed by atoms with Crippen molar-refractivity contribution in [2.45, 2.75) is 19.0 Å². The predicted molar refractivity (Wildman–Crippen MR) is 72.5 cm³/mol. The Bertz CT molecular complexity index is 489. The maximum absolute atomic E-state index is 11.8. The highest BCUT2D eigenvalue weighted by molar-refractivity contribution is 5.94. The van der Waals surface area contributed by atoms with Crippen LogP contribution < -0.4 is 16.4 Å². The summed E-state index contributed by atoms with van der Waals surface area (Å²) in [6.07, 6.45) is 0.644. The van der Waals surface area contributed by atoms with Crippen LogP contribution in [0.25, 0.3) is 0 Å². The number of benzene rings is 1. The summed E-state index contributed by atoms with van der Waals surface area (Å²) in [7, 11) is 1.73. The van der Waals surface area contributed by atoms with Crippen LogP contribution in [0.3, 0.4) is 0 Å². The second kappa shape index (κ2) is 5.71. The number of anilines is 1. The molecule has 19 heavy (non-hydrogen) atoms. The molecular weight excluding hydrogens is 244 g/mol. The molecule has 1 aromatic carbocycles. The molecule has 1 aliphatic heterocycles. The van der Waals surface area contributed by atoms with Gasteiger partial charge in [0.1, 0.15) is 6.04 Å². The smallest absolute Gasteiger partial charge is 0.319 e. The van der Waals surface area contributed by atoms with E-state index >= 15 is 0 Å². The summed E-state index contributed by atoms with van der Waals surface area (Å²) in [5, 5.41) is 5.38. The van der Waals surface area contributed by atoms with Crippen LogP contribution in [0.1, 0.15) is 12.0 Å². The van der Waals surface area contributed by atoms with E-state index in [1.807, 2.05) is 18.2 Å². The third-order valence-electron chi connectivity index (χ3n) is 3.15. The van der Waals surface area contributed by atoms with Gasteiger partial charge in [0.25, 0.3) is 0 Å². The van der Waals surface area contributed by atoms with Crippen molar-refractivity contribution in [2.24, 2.45) is 5.73 Å². The third kappa shape index (κ3) is 3.23. The van der Waals surface area contributed by atoms with E-state index in [9.17, 15) is 9.59 Å². The highest BCUT2D eigenvalue weighted by atomic mass is 16.2. The minimum Gasteiger partial charge on any atom is -0.344 e. The summed E-state index contributed by atoms with van der Waals surface area (Å²) in [4.78, 5) is 25.1. The Morgan fingerprint density at radius 3 is 2.95 bits per heavy atom. The van der Waals surface area contributed by atoms with Gasteiger partial charge in [0, 0.05) is 25.8 Å². The lowest BCUT2D eigenvalue weighted by atomic mass is 10.2. The van der Waals surface area contributed by atoms with Gasteiger partial charge in [-0.05, 0) is 24.1 Å². The van der Waals surface area contributed by atoms with Crippen molar-refractivity contribution >= 4 is 17.6 Å². The Labute approximate surface area is 112 Å². The normalized spacial score (nSPS) is 18.5. The van der Waals surface area contributed by atoms with Gasteiger partial charge in [-0.3, -0.25) is 4.79 Å². The van der Waals surface area contributed by atoms with E-state index < -0.39 is 6.04 Å².